The minimum Gasteiger partial charge on any atom is -0.480 e. The van der Waals surface area contributed by atoms with Gasteiger partial charge in [0, 0.05) is 12.2 Å². The zero-order valence-electron chi connectivity index (χ0n) is 11.8. The maximum Gasteiger partial charge on any atom is 0.326 e. The average molecular weight is 279 g/mol. The average Bonchev–Trinajstić information content (AvgIpc) is 2.86. The van der Waals surface area contributed by atoms with E-state index in [0.29, 0.717) is 0 Å². The number of rotatable bonds is 6. The number of nitrogens with one attached hydrogen (secondary N) is 2. The molecular formula is C14H21N3O3. The second-order valence-corrected chi connectivity index (χ2v) is 5.35. The van der Waals surface area contributed by atoms with Crippen LogP contribution in [0.3, 0.4) is 0 Å². The predicted octanol–water partition coefficient (Wildman–Crippen LogP) is 1.15. The molecule has 1 aliphatic carbocycles. The summed E-state index contributed by atoms with van der Waals surface area (Å²) in [7, 11) is 0. The highest BCUT2D eigenvalue weighted by atomic mass is 16.4. The maximum atomic E-state index is 11.9. The fourth-order valence-corrected chi connectivity index (χ4v) is 2.20. The lowest BCUT2D eigenvalue weighted by molar-refractivity contribution is -0.140. The normalized spacial score (nSPS) is 17.6. The molecule has 6 nitrogen and oxygen atoms in total. The lowest BCUT2D eigenvalue weighted by Gasteiger charge is -2.17. The topological polar surface area (TPSA) is 102 Å². The first-order valence-electron chi connectivity index (χ1n) is 6.85. The first-order valence-corrected chi connectivity index (χ1v) is 6.85. The molecule has 1 fully saturated rings. The molecule has 0 aromatic rings. The minimum atomic E-state index is -1.01. The van der Waals surface area contributed by atoms with E-state index in [2.05, 4.69) is 10.6 Å². The minimum absolute atomic E-state index is 0.0937. The molecule has 1 atom stereocenters. The molecule has 0 heterocycles. The quantitative estimate of drug-likeness (QED) is 0.500. The molecule has 1 aliphatic rings. The van der Waals surface area contributed by atoms with Crippen LogP contribution in [-0.2, 0) is 9.59 Å². The Kier molecular flexibility index (Phi) is 6.04. The summed E-state index contributed by atoms with van der Waals surface area (Å²) in [4.78, 5) is 22.9. The SMILES string of the molecule is CC(C)C(N/C=C(/C#N)C(=O)NC1CCCC1)C(=O)O. The first-order chi connectivity index (χ1) is 9.45. The van der Waals surface area contributed by atoms with Crippen molar-refractivity contribution in [2.75, 3.05) is 0 Å². The highest BCUT2D eigenvalue weighted by Gasteiger charge is 2.22. The van der Waals surface area contributed by atoms with E-state index in [1.807, 2.05) is 0 Å². The molecule has 0 spiro atoms. The van der Waals surface area contributed by atoms with Gasteiger partial charge >= 0.3 is 5.97 Å². The van der Waals surface area contributed by atoms with E-state index in [9.17, 15) is 9.59 Å². The molecule has 1 amide bonds. The number of hydrogen-bond donors (Lipinski definition) is 3. The number of hydrogen-bond acceptors (Lipinski definition) is 4. The third-order valence-electron chi connectivity index (χ3n) is 3.40. The molecule has 3 N–H and O–H groups in total. The van der Waals surface area contributed by atoms with Crippen molar-refractivity contribution in [2.45, 2.75) is 51.6 Å². The van der Waals surface area contributed by atoms with Gasteiger partial charge in [-0.1, -0.05) is 26.7 Å². The fourth-order valence-electron chi connectivity index (χ4n) is 2.20. The van der Waals surface area contributed by atoms with Crippen molar-refractivity contribution in [3.8, 4) is 6.07 Å². The van der Waals surface area contributed by atoms with Gasteiger partial charge in [0.1, 0.15) is 17.7 Å². The number of carboxylic acids is 1. The van der Waals surface area contributed by atoms with Gasteiger partial charge in [0.05, 0.1) is 0 Å². The van der Waals surface area contributed by atoms with Crippen LogP contribution in [0.25, 0.3) is 0 Å². The Morgan fingerprint density at radius 3 is 2.40 bits per heavy atom. The Labute approximate surface area is 118 Å². The van der Waals surface area contributed by atoms with Crippen LogP contribution in [0.1, 0.15) is 39.5 Å². The van der Waals surface area contributed by atoms with E-state index < -0.39 is 17.9 Å². The number of carbonyl (C=O) groups excluding carboxylic acids is 1. The number of aliphatic carboxylic acids is 1. The van der Waals surface area contributed by atoms with Gasteiger partial charge in [0.2, 0.25) is 0 Å². The number of carboxylic acid groups (broad SMARTS) is 1. The smallest absolute Gasteiger partial charge is 0.326 e. The zero-order chi connectivity index (χ0) is 15.1. The van der Waals surface area contributed by atoms with E-state index in [4.69, 9.17) is 10.4 Å². The molecule has 0 saturated heterocycles. The summed E-state index contributed by atoms with van der Waals surface area (Å²) < 4.78 is 0. The van der Waals surface area contributed by atoms with Gasteiger partial charge in [-0.25, -0.2) is 4.79 Å². The van der Waals surface area contributed by atoms with Gasteiger partial charge in [0.25, 0.3) is 5.91 Å². The highest BCUT2D eigenvalue weighted by Crippen LogP contribution is 2.17. The van der Waals surface area contributed by atoms with Crippen molar-refractivity contribution in [1.82, 2.24) is 10.6 Å². The summed E-state index contributed by atoms with van der Waals surface area (Å²) in [6.07, 6.45) is 5.23. The lowest BCUT2D eigenvalue weighted by atomic mass is 10.1. The standard InChI is InChI=1S/C14H21N3O3/c1-9(2)12(14(19)20)16-8-10(7-15)13(18)17-11-5-3-4-6-11/h8-9,11-12,16H,3-6H2,1-2H3,(H,17,18)(H,19,20)/b10-8-. The van der Waals surface area contributed by atoms with Crippen LogP contribution in [0.2, 0.25) is 0 Å². The summed E-state index contributed by atoms with van der Waals surface area (Å²) in [6, 6.07) is 1.11. The number of carbonyl (C=O) groups is 2. The predicted molar refractivity (Wildman–Crippen MR) is 73.5 cm³/mol. The zero-order valence-corrected chi connectivity index (χ0v) is 11.8. The lowest BCUT2D eigenvalue weighted by Crippen LogP contribution is -2.39. The Hall–Kier alpha value is -2.03. The van der Waals surface area contributed by atoms with Crippen molar-refractivity contribution >= 4 is 11.9 Å². The van der Waals surface area contributed by atoms with E-state index in [1.165, 1.54) is 6.20 Å². The third kappa shape index (κ3) is 4.57. The Balaban J connectivity index is 2.64. The molecular weight excluding hydrogens is 258 g/mol. The van der Waals surface area contributed by atoms with Crippen LogP contribution in [0, 0.1) is 17.2 Å². The molecule has 0 aromatic carbocycles. The summed E-state index contributed by atoms with van der Waals surface area (Å²) in [5.41, 5.74) is -0.0937. The van der Waals surface area contributed by atoms with Gasteiger partial charge in [-0.15, -0.1) is 0 Å². The summed E-state index contributed by atoms with van der Waals surface area (Å²) >= 11 is 0. The number of nitriles is 1. The summed E-state index contributed by atoms with van der Waals surface area (Å²) in [6.45, 7) is 3.51. The van der Waals surface area contributed by atoms with Crippen molar-refractivity contribution < 1.29 is 14.7 Å². The van der Waals surface area contributed by atoms with E-state index >= 15 is 0 Å². The molecule has 0 bridgehead atoms. The molecule has 6 heteroatoms. The number of nitrogens with zero attached hydrogens (tertiary/aromatic N) is 1. The summed E-state index contributed by atoms with van der Waals surface area (Å²) in [5.74, 6) is -1.61. The molecule has 1 saturated carbocycles. The monoisotopic (exact) mass is 279 g/mol. The molecule has 1 rings (SSSR count). The van der Waals surface area contributed by atoms with Crippen LogP contribution >= 0.6 is 0 Å². The van der Waals surface area contributed by atoms with E-state index in [1.54, 1.807) is 19.9 Å². The van der Waals surface area contributed by atoms with Crippen LogP contribution in [0.4, 0.5) is 0 Å². The maximum absolute atomic E-state index is 11.9. The van der Waals surface area contributed by atoms with Crippen LogP contribution in [-0.4, -0.2) is 29.1 Å². The van der Waals surface area contributed by atoms with E-state index in [0.717, 1.165) is 25.7 Å². The van der Waals surface area contributed by atoms with Gasteiger partial charge in [-0.2, -0.15) is 5.26 Å². The second-order valence-electron chi connectivity index (χ2n) is 5.35. The van der Waals surface area contributed by atoms with Crippen molar-refractivity contribution in [2.24, 2.45) is 5.92 Å². The first kappa shape index (κ1) is 16.0. The third-order valence-corrected chi connectivity index (χ3v) is 3.40. The summed E-state index contributed by atoms with van der Waals surface area (Å²) in [5, 5.41) is 23.4. The largest absolute Gasteiger partial charge is 0.480 e. The van der Waals surface area contributed by atoms with E-state index in [-0.39, 0.29) is 17.5 Å². The van der Waals surface area contributed by atoms with Crippen LogP contribution < -0.4 is 10.6 Å². The van der Waals surface area contributed by atoms with Gasteiger partial charge < -0.3 is 15.7 Å². The van der Waals surface area contributed by atoms with Gasteiger partial charge in [-0.05, 0) is 18.8 Å². The number of amides is 1. The highest BCUT2D eigenvalue weighted by molar-refractivity contribution is 5.97. The molecule has 0 aromatic heterocycles. The van der Waals surface area contributed by atoms with Crippen molar-refractivity contribution in [3.05, 3.63) is 11.8 Å². The Morgan fingerprint density at radius 2 is 1.95 bits per heavy atom. The van der Waals surface area contributed by atoms with Crippen LogP contribution in [0.15, 0.2) is 11.8 Å². The van der Waals surface area contributed by atoms with Crippen molar-refractivity contribution in [1.29, 1.82) is 5.26 Å². The van der Waals surface area contributed by atoms with Crippen LogP contribution in [0.5, 0.6) is 0 Å². The Morgan fingerprint density at radius 1 is 1.35 bits per heavy atom. The molecule has 0 radical (unpaired) electrons. The second kappa shape index (κ2) is 7.53. The van der Waals surface area contributed by atoms with Gasteiger partial charge in [0.15, 0.2) is 0 Å². The molecule has 110 valence electrons. The molecule has 1 unspecified atom stereocenters. The Bertz CT molecular complexity index is 431. The van der Waals surface area contributed by atoms with Crippen molar-refractivity contribution in [3.63, 3.8) is 0 Å². The fraction of sp³-hybridized carbons (Fsp3) is 0.643. The molecule has 20 heavy (non-hydrogen) atoms. The molecule has 0 aliphatic heterocycles. The van der Waals surface area contributed by atoms with Gasteiger partial charge in [-0.3, -0.25) is 4.79 Å².